The van der Waals surface area contributed by atoms with Gasteiger partial charge in [0.1, 0.15) is 0 Å². The molecule has 3 heteroatoms. The van der Waals surface area contributed by atoms with Gasteiger partial charge in [-0.05, 0) is 37.6 Å². The summed E-state index contributed by atoms with van der Waals surface area (Å²) in [7, 11) is 1.84. The molecule has 0 amide bonds. The van der Waals surface area contributed by atoms with Gasteiger partial charge >= 0.3 is 0 Å². The maximum atomic E-state index is 6.19. The lowest BCUT2D eigenvalue weighted by molar-refractivity contribution is -0.0519. The molecule has 1 saturated heterocycles. The number of hydrogen-bond donors (Lipinski definition) is 1. The second kappa shape index (κ2) is 7.61. The Morgan fingerprint density at radius 2 is 2.11 bits per heavy atom. The van der Waals surface area contributed by atoms with Crippen LogP contribution >= 0.6 is 0 Å². The van der Waals surface area contributed by atoms with Gasteiger partial charge in [-0.15, -0.1) is 0 Å². The molecule has 1 fully saturated rings. The van der Waals surface area contributed by atoms with Gasteiger partial charge < -0.3 is 10.5 Å². The third-order valence-electron chi connectivity index (χ3n) is 5.33. The Hall–Kier alpha value is -0.120. The Balaban J connectivity index is 2.80. The third kappa shape index (κ3) is 3.93. The lowest BCUT2D eigenvalue weighted by Crippen LogP contribution is -2.59. The summed E-state index contributed by atoms with van der Waals surface area (Å²) in [4.78, 5) is 2.62. The molecular formula is C16H34N2O. The van der Waals surface area contributed by atoms with Gasteiger partial charge in [0.2, 0.25) is 0 Å². The summed E-state index contributed by atoms with van der Waals surface area (Å²) in [6, 6.07) is 0. The molecule has 0 radical (unpaired) electrons. The Morgan fingerprint density at radius 1 is 1.42 bits per heavy atom. The van der Waals surface area contributed by atoms with Crippen molar-refractivity contribution >= 4 is 0 Å². The topological polar surface area (TPSA) is 38.5 Å². The largest absolute Gasteiger partial charge is 0.380 e. The van der Waals surface area contributed by atoms with Crippen LogP contribution in [0, 0.1) is 11.8 Å². The number of nitrogens with two attached hydrogens (primary N) is 1. The first-order valence-corrected chi connectivity index (χ1v) is 8.00. The monoisotopic (exact) mass is 270 g/mol. The summed E-state index contributed by atoms with van der Waals surface area (Å²) >= 11 is 0. The van der Waals surface area contributed by atoms with E-state index in [1.165, 1.54) is 25.8 Å². The molecule has 0 aliphatic carbocycles. The van der Waals surface area contributed by atoms with Gasteiger partial charge in [-0.1, -0.05) is 34.1 Å². The fraction of sp³-hybridized carbons (Fsp3) is 1.00. The van der Waals surface area contributed by atoms with E-state index in [0.29, 0.717) is 12.0 Å². The molecule has 2 N–H and O–H groups in total. The van der Waals surface area contributed by atoms with Gasteiger partial charge in [0, 0.05) is 25.7 Å². The fourth-order valence-electron chi connectivity index (χ4n) is 3.42. The standard InChI is InChI=1S/C16H34N2O/c1-6-13(3)10-16(7-2,12-17)18-9-8-14(4)15(11-18)19-5/h13-15H,6-12,17H2,1-5H3. The Labute approximate surface area is 119 Å². The van der Waals surface area contributed by atoms with Crippen LogP contribution in [0.5, 0.6) is 0 Å². The van der Waals surface area contributed by atoms with Crippen LogP contribution in [0.1, 0.15) is 53.4 Å². The van der Waals surface area contributed by atoms with Crippen molar-refractivity contribution in [3.8, 4) is 0 Å². The van der Waals surface area contributed by atoms with Crippen LogP contribution in [0.2, 0.25) is 0 Å². The first kappa shape index (κ1) is 16.9. The molecule has 19 heavy (non-hydrogen) atoms. The van der Waals surface area contributed by atoms with Crippen LogP contribution in [0.15, 0.2) is 0 Å². The van der Waals surface area contributed by atoms with Gasteiger partial charge in [-0.2, -0.15) is 0 Å². The van der Waals surface area contributed by atoms with E-state index in [1.807, 2.05) is 7.11 Å². The smallest absolute Gasteiger partial charge is 0.0724 e. The molecule has 3 nitrogen and oxygen atoms in total. The van der Waals surface area contributed by atoms with Crippen LogP contribution in [0.3, 0.4) is 0 Å². The number of piperidine rings is 1. The highest BCUT2D eigenvalue weighted by atomic mass is 16.5. The Kier molecular flexibility index (Phi) is 6.78. The summed E-state index contributed by atoms with van der Waals surface area (Å²) in [5.74, 6) is 1.40. The van der Waals surface area contributed by atoms with Crippen molar-refractivity contribution in [1.29, 1.82) is 0 Å². The number of likely N-dealkylation sites (tertiary alicyclic amines) is 1. The van der Waals surface area contributed by atoms with Crippen molar-refractivity contribution in [1.82, 2.24) is 4.90 Å². The van der Waals surface area contributed by atoms with Gasteiger partial charge in [-0.25, -0.2) is 0 Å². The van der Waals surface area contributed by atoms with E-state index in [4.69, 9.17) is 10.5 Å². The minimum absolute atomic E-state index is 0.173. The van der Waals surface area contributed by atoms with E-state index in [0.717, 1.165) is 25.4 Å². The zero-order valence-corrected chi connectivity index (χ0v) is 13.6. The predicted octanol–water partition coefficient (Wildman–Crippen LogP) is 2.89. The predicted molar refractivity (Wildman–Crippen MR) is 82.3 cm³/mol. The van der Waals surface area contributed by atoms with E-state index in [1.54, 1.807) is 0 Å². The Bertz CT molecular complexity index is 253. The molecule has 1 rings (SSSR count). The maximum absolute atomic E-state index is 6.19. The normalized spacial score (nSPS) is 30.0. The highest BCUT2D eigenvalue weighted by molar-refractivity contribution is 4.95. The molecule has 1 aliphatic heterocycles. The second-order valence-corrected chi connectivity index (χ2v) is 6.49. The molecule has 0 bridgehead atoms. The van der Waals surface area contributed by atoms with Crippen LogP contribution < -0.4 is 5.73 Å². The summed E-state index contributed by atoms with van der Waals surface area (Å²) in [5, 5.41) is 0. The molecule has 0 spiro atoms. The van der Waals surface area contributed by atoms with Crippen LogP contribution in [0.4, 0.5) is 0 Å². The molecule has 0 aromatic carbocycles. The highest BCUT2D eigenvalue weighted by Gasteiger charge is 2.39. The van der Waals surface area contributed by atoms with Gasteiger partial charge in [0.15, 0.2) is 0 Å². The van der Waals surface area contributed by atoms with Crippen molar-refractivity contribution in [2.24, 2.45) is 17.6 Å². The van der Waals surface area contributed by atoms with Gasteiger partial charge in [0.25, 0.3) is 0 Å². The number of hydrogen-bond acceptors (Lipinski definition) is 3. The maximum Gasteiger partial charge on any atom is 0.0724 e. The van der Waals surface area contributed by atoms with Crippen LogP contribution in [-0.2, 0) is 4.74 Å². The number of methoxy groups -OCH3 is 1. The summed E-state index contributed by atoms with van der Waals surface area (Å²) < 4.78 is 5.67. The van der Waals surface area contributed by atoms with E-state index >= 15 is 0 Å². The van der Waals surface area contributed by atoms with E-state index < -0.39 is 0 Å². The van der Waals surface area contributed by atoms with Crippen molar-refractivity contribution in [3.63, 3.8) is 0 Å². The van der Waals surface area contributed by atoms with Crippen molar-refractivity contribution in [3.05, 3.63) is 0 Å². The van der Waals surface area contributed by atoms with Crippen molar-refractivity contribution in [2.75, 3.05) is 26.7 Å². The van der Waals surface area contributed by atoms with Crippen LogP contribution in [0.25, 0.3) is 0 Å². The molecule has 1 heterocycles. The van der Waals surface area contributed by atoms with E-state index in [-0.39, 0.29) is 5.54 Å². The lowest BCUT2D eigenvalue weighted by Gasteiger charge is -2.49. The molecule has 0 saturated carbocycles. The van der Waals surface area contributed by atoms with Crippen molar-refractivity contribution in [2.45, 2.75) is 65.0 Å². The molecule has 0 aromatic rings. The first-order valence-electron chi connectivity index (χ1n) is 8.00. The number of nitrogens with zero attached hydrogens (tertiary/aromatic N) is 1. The van der Waals surface area contributed by atoms with Gasteiger partial charge in [0.05, 0.1) is 6.10 Å². The van der Waals surface area contributed by atoms with E-state index in [2.05, 4.69) is 32.6 Å². The summed E-state index contributed by atoms with van der Waals surface area (Å²) in [6.07, 6.45) is 5.17. The van der Waals surface area contributed by atoms with E-state index in [9.17, 15) is 0 Å². The summed E-state index contributed by atoms with van der Waals surface area (Å²) in [5.41, 5.74) is 6.36. The lowest BCUT2D eigenvalue weighted by atomic mass is 9.80. The SMILES string of the molecule is CCC(C)CC(CC)(CN)N1CCC(C)C(OC)C1. The number of rotatable bonds is 7. The molecular weight excluding hydrogens is 236 g/mol. The molecule has 114 valence electrons. The molecule has 4 unspecified atom stereocenters. The fourth-order valence-corrected chi connectivity index (χ4v) is 3.42. The molecule has 4 atom stereocenters. The number of ether oxygens (including phenoxy) is 1. The average Bonchev–Trinajstić information content (AvgIpc) is 2.45. The Morgan fingerprint density at radius 3 is 2.58 bits per heavy atom. The van der Waals surface area contributed by atoms with Crippen LogP contribution in [-0.4, -0.2) is 43.3 Å². The summed E-state index contributed by atoms with van der Waals surface area (Å²) in [6.45, 7) is 12.2. The minimum Gasteiger partial charge on any atom is -0.380 e. The quantitative estimate of drug-likeness (QED) is 0.773. The zero-order valence-electron chi connectivity index (χ0n) is 13.6. The first-order chi connectivity index (χ1) is 9.02. The average molecular weight is 270 g/mol. The molecule has 1 aliphatic rings. The zero-order chi connectivity index (χ0) is 14.5. The second-order valence-electron chi connectivity index (χ2n) is 6.49. The van der Waals surface area contributed by atoms with Crippen molar-refractivity contribution < 1.29 is 4.74 Å². The third-order valence-corrected chi connectivity index (χ3v) is 5.33. The highest BCUT2D eigenvalue weighted by Crippen LogP contribution is 2.32. The van der Waals surface area contributed by atoms with Gasteiger partial charge in [-0.3, -0.25) is 4.90 Å². The minimum atomic E-state index is 0.173. The molecule has 0 aromatic heterocycles.